The number of aromatic nitrogens is 2. The lowest BCUT2D eigenvalue weighted by molar-refractivity contribution is -0.384. The molecule has 0 bridgehead atoms. The maximum Gasteiger partial charge on any atom is 0.271 e. The topological polar surface area (TPSA) is 72.5 Å². The van der Waals surface area contributed by atoms with Crippen LogP contribution in [0.1, 0.15) is 11.3 Å². The number of nitro groups is 1. The number of anilines is 1. The van der Waals surface area contributed by atoms with E-state index in [0.29, 0.717) is 17.3 Å². The van der Waals surface area contributed by atoms with Gasteiger partial charge in [-0.1, -0.05) is 17.7 Å². The summed E-state index contributed by atoms with van der Waals surface area (Å²) in [6.45, 7) is 2.49. The van der Waals surface area contributed by atoms with E-state index < -0.39 is 4.92 Å². The second-order valence-corrected chi connectivity index (χ2v) is 5.34. The summed E-state index contributed by atoms with van der Waals surface area (Å²) in [5, 5.41) is 14.1. The number of nitro benzene ring substituents is 1. The summed E-state index contributed by atoms with van der Waals surface area (Å²) >= 11 is 6.05. The van der Waals surface area contributed by atoms with Crippen molar-refractivity contribution in [2.45, 2.75) is 13.5 Å². The molecule has 1 aromatic carbocycles. The Morgan fingerprint density at radius 2 is 2.23 bits per heavy atom. The van der Waals surface area contributed by atoms with Crippen LogP contribution < -0.4 is 5.32 Å². The van der Waals surface area contributed by atoms with Gasteiger partial charge in [0.1, 0.15) is 5.65 Å². The zero-order valence-corrected chi connectivity index (χ0v) is 12.5. The van der Waals surface area contributed by atoms with Crippen LogP contribution in [0.2, 0.25) is 5.02 Å². The molecule has 22 heavy (non-hydrogen) atoms. The van der Waals surface area contributed by atoms with Gasteiger partial charge in [0, 0.05) is 24.5 Å². The highest BCUT2D eigenvalue weighted by molar-refractivity contribution is 6.33. The number of nitrogens with one attached hydrogen (secondary N) is 1. The van der Waals surface area contributed by atoms with Crippen molar-refractivity contribution in [2.75, 3.05) is 5.32 Å². The number of rotatable bonds is 4. The lowest BCUT2D eigenvalue weighted by Crippen LogP contribution is -2.00. The molecule has 0 amide bonds. The van der Waals surface area contributed by atoms with E-state index in [0.717, 1.165) is 16.9 Å². The van der Waals surface area contributed by atoms with E-state index in [1.807, 2.05) is 35.9 Å². The van der Waals surface area contributed by atoms with Crippen LogP contribution in [0.25, 0.3) is 5.65 Å². The third-order valence-electron chi connectivity index (χ3n) is 3.35. The Balaban J connectivity index is 1.79. The maximum atomic E-state index is 10.7. The molecule has 0 radical (unpaired) electrons. The molecule has 0 unspecified atom stereocenters. The first kappa shape index (κ1) is 14.3. The van der Waals surface area contributed by atoms with Gasteiger partial charge in [-0.15, -0.1) is 0 Å². The van der Waals surface area contributed by atoms with Crippen molar-refractivity contribution >= 4 is 28.6 Å². The molecule has 0 saturated heterocycles. The molecule has 0 fully saturated rings. The van der Waals surface area contributed by atoms with E-state index in [9.17, 15) is 10.1 Å². The molecule has 6 nitrogen and oxygen atoms in total. The Hall–Kier alpha value is -2.60. The molecule has 3 rings (SSSR count). The monoisotopic (exact) mass is 316 g/mol. The molecular weight excluding hydrogens is 304 g/mol. The van der Waals surface area contributed by atoms with Gasteiger partial charge in [0.05, 0.1) is 27.9 Å². The molecule has 7 heteroatoms. The fourth-order valence-electron chi connectivity index (χ4n) is 2.24. The molecule has 0 saturated carbocycles. The van der Waals surface area contributed by atoms with Gasteiger partial charge < -0.3 is 9.72 Å². The van der Waals surface area contributed by atoms with Gasteiger partial charge in [0.2, 0.25) is 0 Å². The minimum Gasteiger partial charge on any atom is -0.378 e. The number of pyridine rings is 1. The van der Waals surface area contributed by atoms with Gasteiger partial charge in [-0.25, -0.2) is 4.98 Å². The molecule has 0 aliphatic rings. The Kier molecular flexibility index (Phi) is 3.68. The van der Waals surface area contributed by atoms with E-state index >= 15 is 0 Å². The number of nitrogens with zero attached hydrogens (tertiary/aromatic N) is 3. The molecular formula is C15H13ClN4O2. The zero-order chi connectivity index (χ0) is 15.7. The molecule has 0 aliphatic heterocycles. The minimum absolute atomic E-state index is 0.0288. The van der Waals surface area contributed by atoms with Crippen LogP contribution >= 0.6 is 11.6 Å². The van der Waals surface area contributed by atoms with Crippen LogP contribution in [-0.4, -0.2) is 14.3 Å². The summed E-state index contributed by atoms with van der Waals surface area (Å²) in [7, 11) is 0. The Morgan fingerprint density at radius 1 is 1.41 bits per heavy atom. The van der Waals surface area contributed by atoms with E-state index in [1.54, 1.807) is 6.07 Å². The van der Waals surface area contributed by atoms with Crippen LogP contribution in [0.3, 0.4) is 0 Å². The summed E-state index contributed by atoms with van der Waals surface area (Å²) in [6, 6.07) is 8.32. The number of fused-ring (bicyclic) bond motifs is 1. The van der Waals surface area contributed by atoms with E-state index in [-0.39, 0.29) is 5.69 Å². The Bertz CT molecular complexity index is 860. The van der Waals surface area contributed by atoms with Crippen LogP contribution in [0.4, 0.5) is 11.4 Å². The average molecular weight is 317 g/mol. The smallest absolute Gasteiger partial charge is 0.271 e. The van der Waals surface area contributed by atoms with E-state index in [2.05, 4.69) is 10.3 Å². The summed E-state index contributed by atoms with van der Waals surface area (Å²) in [4.78, 5) is 14.8. The second-order valence-electron chi connectivity index (χ2n) is 4.93. The molecule has 3 aromatic rings. The first-order chi connectivity index (χ1) is 10.5. The number of hydrogen-bond donors (Lipinski definition) is 1. The van der Waals surface area contributed by atoms with Gasteiger partial charge in [0.25, 0.3) is 5.69 Å². The van der Waals surface area contributed by atoms with Crippen LogP contribution in [0.5, 0.6) is 0 Å². The maximum absolute atomic E-state index is 10.7. The minimum atomic E-state index is -0.472. The number of halogens is 1. The lowest BCUT2D eigenvalue weighted by Gasteiger charge is -2.06. The fraction of sp³-hybridized carbons (Fsp3) is 0.133. The summed E-state index contributed by atoms with van der Waals surface area (Å²) in [6.07, 6.45) is 3.88. The standard InChI is InChI=1S/C15H13ClN4O2/c1-10-3-2-6-19-9-11(18-15(10)19)8-17-14-5-4-12(20(21)22)7-13(14)16/h2-7,9,17H,8H2,1H3. The highest BCUT2D eigenvalue weighted by Gasteiger charge is 2.10. The first-order valence-corrected chi connectivity index (χ1v) is 7.03. The van der Waals surface area contributed by atoms with Crippen LogP contribution in [0.15, 0.2) is 42.7 Å². The highest BCUT2D eigenvalue weighted by atomic mass is 35.5. The largest absolute Gasteiger partial charge is 0.378 e. The van der Waals surface area contributed by atoms with Crippen molar-refractivity contribution in [1.29, 1.82) is 0 Å². The molecule has 0 aliphatic carbocycles. The summed E-state index contributed by atoms with van der Waals surface area (Å²) in [5.41, 5.74) is 3.49. The number of hydrogen-bond acceptors (Lipinski definition) is 4. The van der Waals surface area contributed by atoms with Gasteiger partial charge in [-0.3, -0.25) is 10.1 Å². The predicted molar refractivity (Wildman–Crippen MR) is 85.4 cm³/mol. The summed E-state index contributed by atoms with van der Waals surface area (Å²) in [5.74, 6) is 0. The third-order valence-corrected chi connectivity index (χ3v) is 3.66. The van der Waals surface area contributed by atoms with Gasteiger partial charge in [-0.2, -0.15) is 0 Å². The van der Waals surface area contributed by atoms with Gasteiger partial charge >= 0.3 is 0 Å². The Morgan fingerprint density at radius 3 is 2.91 bits per heavy atom. The van der Waals surface area contributed by atoms with Crippen molar-refractivity contribution in [3.8, 4) is 0 Å². The van der Waals surface area contributed by atoms with Crippen molar-refractivity contribution in [2.24, 2.45) is 0 Å². The molecule has 2 aromatic heterocycles. The normalized spacial score (nSPS) is 10.8. The Labute approximate surface area is 131 Å². The van der Waals surface area contributed by atoms with Crippen LogP contribution in [-0.2, 0) is 6.54 Å². The number of imidazole rings is 1. The fourth-order valence-corrected chi connectivity index (χ4v) is 2.48. The van der Waals surface area contributed by atoms with E-state index in [4.69, 9.17) is 11.6 Å². The lowest BCUT2D eigenvalue weighted by atomic mass is 10.3. The van der Waals surface area contributed by atoms with Gasteiger partial charge in [-0.05, 0) is 24.6 Å². The number of benzene rings is 1. The third kappa shape index (κ3) is 2.73. The second kappa shape index (κ2) is 5.65. The molecule has 2 heterocycles. The van der Waals surface area contributed by atoms with Crippen molar-refractivity contribution in [3.05, 3.63) is 69.1 Å². The van der Waals surface area contributed by atoms with Crippen molar-refractivity contribution in [1.82, 2.24) is 9.38 Å². The molecule has 1 N–H and O–H groups in total. The van der Waals surface area contributed by atoms with Gasteiger partial charge in [0.15, 0.2) is 0 Å². The number of aryl methyl sites for hydroxylation is 1. The summed E-state index contributed by atoms with van der Waals surface area (Å²) < 4.78 is 1.96. The van der Waals surface area contributed by atoms with Crippen molar-refractivity contribution < 1.29 is 4.92 Å². The molecule has 0 atom stereocenters. The van der Waals surface area contributed by atoms with Crippen LogP contribution in [0, 0.1) is 17.0 Å². The quantitative estimate of drug-likeness (QED) is 0.586. The van der Waals surface area contributed by atoms with Crippen molar-refractivity contribution in [3.63, 3.8) is 0 Å². The SMILES string of the molecule is Cc1cccn2cc(CNc3ccc([N+](=O)[O-])cc3Cl)nc12. The molecule has 112 valence electrons. The first-order valence-electron chi connectivity index (χ1n) is 6.65. The van der Waals surface area contributed by atoms with E-state index in [1.165, 1.54) is 12.1 Å². The number of non-ortho nitro benzene ring substituents is 1. The average Bonchev–Trinajstić information content (AvgIpc) is 2.90. The zero-order valence-electron chi connectivity index (χ0n) is 11.8. The highest BCUT2D eigenvalue weighted by Crippen LogP contribution is 2.27. The molecule has 0 spiro atoms. The predicted octanol–water partition coefficient (Wildman–Crippen LogP) is 3.82.